The summed E-state index contributed by atoms with van der Waals surface area (Å²) < 4.78 is 0. The zero-order valence-corrected chi connectivity index (χ0v) is 6.53. The van der Waals surface area contributed by atoms with Gasteiger partial charge in [-0.25, -0.2) is 0 Å². The van der Waals surface area contributed by atoms with E-state index in [0.29, 0.717) is 0 Å². The maximum atomic E-state index is 2.26. The largest absolute Gasteiger partial charge is 0.0651 e. The number of hydrogen-bond donors (Lipinski definition) is 0. The Morgan fingerprint density at radius 3 is 1.44 bits per heavy atom. The third-order valence-corrected chi connectivity index (χ3v) is 2.27. The van der Waals surface area contributed by atoms with Crippen LogP contribution in [0.1, 0.15) is 51.9 Å². The van der Waals surface area contributed by atoms with Gasteiger partial charge in [-0.1, -0.05) is 51.9 Å². The summed E-state index contributed by atoms with van der Waals surface area (Å²) in [4.78, 5) is 0. The van der Waals surface area contributed by atoms with E-state index in [4.69, 9.17) is 0 Å². The summed E-state index contributed by atoms with van der Waals surface area (Å²) in [5.41, 5.74) is 0. The van der Waals surface area contributed by atoms with E-state index >= 15 is 0 Å². The van der Waals surface area contributed by atoms with E-state index in [9.17, 15) is 0 Å². The third-order valence-electron chi connectivity index (χ3n) is 2.27. The highest BCUT2D eigenvalue weighted by molar-refractivity contribution is 4.69. The van der Waals surface area contributed by atoms with E-state index in [1.807, 2.05) is 0 Å². The molecule has 0 heterocycles. The fraction of sp³-hybridized carbons (Fsp3) is 1.00. The van der Waals surface area contributed by atoms with E-state index in [2.05, 4.69) is 6.92 Å². The molecular weight excluding hydrogens is 108 g/mol. The van der Waals surface area contributed by atoms with E-state index in [-0.39, 0.29) is 0 Å². The van der Waals surface area contributed by atoms with Gasteiger partial charge in [0.2, 0.25) is 0 Å². The van der Waals surface area contributed by atoms with Crippen LogP contribution in [-0.2, 0) is 0 Å². The summed E-state index contributed by atoms with van der Waals surface area (Å²) in [6, 6.07) is 0. The fourth-order valence-corrected chi connectivity index (χ4v) is 0.776. The molecule has 0 aromatic carbocycles. The van der Waals surface area contributed by atoms with Gasteiger partial charge < -0.3 is 0 Å². The van der Waals surface area contributed by atoms with Crippen LogP contribution in [-0.4, -0.2) is 0 Å². The lowest BCUT2D eigenvalue weighted by atomic mass is 10.0. The highest BCUT2D eigenvalue weighted by Gasteiger charge is 2.17. The van der Waals surface area contributed by atoms with Crippen molar-refractivity contribution in [3.05, 3.63) is 0 Å². The molecule has 0 amide bonds. The van der Waals surface area contributed by atoms with Crippen LogP contribution in [0.3, 0.4) is 0 Å². The second-order valence-electron chi connectivity index (χ2n) is 3.27. The Morgan fingerprint density at radius 2 is 1.44 bits per heavy atom. The molecule has 0 radical (unpaired) electrons. The van der Waals surface area contributed by atoms with Gasteiger partial charge in [-0.05, 0) is 5.92 Å². The van der Waals surface area contributed by atoms with Crippen LogP contribution in [0.4, 0.5) is 0 Å². The molecule has 0 aromatic heterocycles. The Balaban J connectivity index is 0.0000000922. The van der Waals surface area contributed by atoms with Gasteiger partial charge in [-0.2, -0.15) is 0 Å². The molecular formula is C9H18. The van der Waals surface area contributed by atoms with Crippen molar-refractivity contribution in [3.8, 4) is 0 Å². The summed E-state index contributed by atoms with van der Waals surface area (Å²) in [5.74, 6) is 1.13. The van der Waals surface area contributed by atoms with Gasteiger partial charge in [0, 0.05) is 0 Å². The Kier molecular flexibility index (Phi) is 3.10. The molecule has 2 fully saturated rings. The van der Waals surface area contributed by atoms with Crippen LogP contribution in [0.25, 0.3) is 0 Å². The zero-order valence-electron chi connectivity index (χ0n) is 6.53. The average Bonchev–Trinajstić information content (AvgIpc) is 2.39. The van der Waals surface area contributed by atoms with Crippen LogP contribution in [0, 0.1) is 5.92 Å². The first-order valence-corrected chi connectivity index (χ1v) is 4.43. The first kappa shape index (κ1) is 7.11. The van der Waals surface area contributed by atoms with Gasteiger partial charge in [0.15, 0.2) is 0 Å². The summed E-state index contributed by atoms with van der Waals surface area (Å²) in [7, 11) is 0. The standard InChI is InChI=1S/C5H10.C4H8/c1-2-5-3-4-5;1-2-4-3-1/h5H,2-4H2,1H3;1-4H2. The molecule has 0 spiro atoms. The molecule has 54 valence electrons. The van der Waals surface area contributed by atoms with Gasteiger partial charge in [0.1, 0.15) is 0 Å². The van der Waals surface area contributed by atoms with Crippen molar-refractivity contribution in [2.24, 2.45) is 5.92 Å². The quantitative estimate of drug-likeness (QED) is 0.505. The van der Waals surface area contributed by atoms with E-state index in [0.717, 1.165) is 5.92 Å². The lowest BCUT2D eigenvalue weighted by molar-refractivity contribution is 0.504. The maximum Gasteiger partial charge on any atom is -0.0417 e. The molecule has 2 aliphatic carbocycles. The molecule has 0 saturated heterocycles. The summed E-state index contributed by atoms with van der Waals surface area (Å²) in [6.45, 7) is 2.26. The van der Waals surface area contributed by atoms with Crippen LogP contribution in [0.15, 0.2) is 0 Å². The summed E-state index contributed by atoms with van der Waals surface area (Å²) in [5, 5.41) is 0. The minimum Gasteiger partial charge on any atom is -0.0651 e. The summed E-state index contributed by atoms with van der Waals surface area (Å²) >= 11 is 0. The molecule has 0 N–H and O–H groups in total. The lowest BCUT2D eigenvalue weighted by Crippen LogP contribution is -1.85. The Labute approximate surface area is 58.7 Å². The van der Waals surface area contributed by atoms with Crippen LogP contribution < -0.4 is 0 Å². The number of hydrogen-bond acceptors (Lipinski definition) is 0. The topological polar surface area (TPSA) is 0 Å². The first-order chi connectivity index (χ1) is 4.43. The highest BCUT2D eigenvalue weighted by Crippen LogP contribution is 2.31. The predicted molar refractivity (Wildman–Crippen MR) is 41.5 cm³/mol. The molecule has 2 saturated carbocycles. The average molecular weight is 126 g/mol. The van der Waals surface area contributed by atoms with Gasteiger partial charge in [-0.3, -0.25) is 0 Å². The van der Waals surface area contributed by atoms with Crippen molar-refractivity contribution in [1.29, 1.82) is 0 Å². The minimum atomic E-state index is 1.13. The molecule has 2 aliphatic rings. The molecule has 0 unspecified atom stereocenters. The minimum absolute atomic E-state index is 1.13. The second kappa shape index (κ2) is 3.92. The molecule has 9 heavy (non-hydrogen) atoms. The Bertz CT molecular complexity index is 54.4. The molecule has 0 atom stereocenters. The first-order valence-electron chi connectivity index (χ1n) is 4.43. The van der Waals surface area contributed by atoms with Crippen LogP contribution in [0.5, 0.6) is 0 Å². The molecule has 0 heteroatoms. The SMILES string of the molecule is C1CCC1.CCC1CC1. The van der Waals surface area contributed by atoms with E-state index < -0.39 is 0 Å². The Hall–Kier alpha value is 0. The van der Waals surface area contributed by atoms with Gasteiger partial charge in [0.25, 0.3) is 0 Å². The molecule has 0 nitrogen and oxygen atoms in total. The van der Waals surface area contributed by atoms with Crippen LogP contribution in [0.2, 0.25) is 0 Å². The smallest absolute Gasteiger partial charge is 0.0417 e. The normalized spacial score (nSPS) is 23.7. The molecule has 2 rings (SSSR count). The highest BCUT2D eigenvalue weighted by atomic mass is 14.2. The molecule has 0 bridgehead atoms. The van der Waals surface area contributed by atoms with Crippen molar-refractivity contribution in [1.82, 2.24) is 0 Å². The third kappa shape index (κ3) is 3.56. The van der Waals surface area contributed by atoms with E-state index in [1.165, 1.54) is 44.9 Å². The molecule has 0 aromatic rings. The van der Waals surface area contributed by atoms with E-state index in [1.54, 1.807) is 0 Å². The van der Waals surface area contributed by atoms with Gasteiger partial charge in [0.05, 0.1) is 0 Å². The summed E-state index contributed by atoms with van der Waals surface area (Å²) in [6.07, 6.45) is 10.4. The molecule has 0 aliphatic heterocycles. The van der Waals surface area contributed by atoms with Crippen molar-refractivity contribution in [3.63, 3.8) is 0 Å². The zero-order chi connectivity index (χ0) is 6.53. The van der Waals surface area contributed by atoms with Crippen molar-refractivity contribution < 1.29 is 0 Å². The fourth-order valence-electron chi connectivity index (χ4n) is 0.776. The van der Waals surface area contributed by atoms with Gasteiger partial charge >= 0.3 is 0 Å². The second-order valence-corrected chi connectivity index (χ2v) is 3.27. The van der Waals surface area contributed by atoms with Gasteiger partial charge in [-0.15, -0.1) is 0 Å². The van der Waals surface area contributed by atoms with Crippen molar-refractivity contribution >= 4 is 0 Å². The lowest BCUT2D eigenvalue weighted by Gasteiger charge is -2.05. The monoisotopic (exact) mass is 126 g/mol. The number of rotatable bonds is 1. The van der Waals surface area contributed by atoms with Crippen LogP contribution >= 0.6 is 0 Å². The van der Waals surface area contributed by atoms with Crippen molar-refractivity contribution in [2.45, 2.75) is 51.9 Å². The van der Waals surface area contributed by atoms with Crippen molar-refractivity contribution in [2.75, 3.05) is 0 Å². The Morgan fingerprint density at radius 1 is 1.00 bits per heavy atom. The maximum absolute atomic E-state index is 2.26. The predicted octanol–water partition coefficient (Wildman–Crippen LogP) is 3.37.